The summed E-state index contributed by atoms with van der Waals surface area (Å²) in [5.74, 6) is -0.521. The summed E-state index contributed by atoms with van der Waals surface area (Å²) in [6.45, 7) is 5.62. The minimum absolute atomic E-state index is 0.0760. The zero-order valence-electron chi connectivity index (χ0n) is 15.7. The van der Waals surface area contributed by atoms with E-state index in [-0.39, 0.29) is 23.9 Å². The maximum atomic E-state index is 12.8. The molecule has 138 valence electrons. The molecule has 2 aromatic carbocycles. The van der Waals surface area contributed by atoms with E-state index >= 15 is 0 Å². The van der Waals surface area contributed by atoms with Gasteiger partial charge in [-0.25, -0.2) is 4.98 Å². The lowest BCUT2D eigenvalue weighted by Crippen LogP contribution is -2.45. The average Bonchev–Trinajstić information content (AvgIpc) is 2.64. The van der Waals surface area contributed by atoms with E-state index in [9.17, 15) is 9.59 Å². The molecule has 27 heavy (non-hydrogen) atoms. The van der Waals surface area contributed by atoms with Crippen LogP contribution in [-0.4, -0.2) is 28.9 Å². The van der Waals surface area contributed by atoms with Gasteiger partial charge in [0.2, 0.25) is 5.91 Å². The van der Waals surface area contributed by atoms with E-state index in [1.807, 2.05) is 75.4 Å². The molecule has 1 heterocycles. The highest BCUT2D eigenvalue weighted by Crippen LogP contribution is 2.24. The number of amides is 2. The SMILES string of the molecule is CC(C)(C)NC(=O)CNC(=O)c1cc(-c2ccccc2)nc2ccccc12. The van der Waals surface area contributed by atoms with Crippen LogP contribution in [-0.2, 0) is 4.79 Å². The minimum Gasteiger partial charge on any atom is -0.350 e. The van der Waals surface area contributed by atoms with Gasteiger partial charge in [0.05, 0.1) is 23.3 Å². The number of hydrogen-bond acceptors (Lipinski definition) is 3. The van der Waals surface area contributed by atoms with Gasteiger partial charge < -0.3 is 10.6 Å². The van der Waals surface area contributed by atoms with Crippen LogP contribution in [0, 0.1) is 0 Å². The zero-order chi connectivity index (χ0) is 19.4. The molecular formula is C22H23N3O2. The maximum Gasteiger partial charge on any atom is 0.252 e. The van der Waals surface area contributed by atoms with Crippen molar-refractivity contribution in [3.63, 3.8) is 0 Å². The molecule has 0 bridgehead atoms. The average molecular weight is 361 g/mol. The second-order valence-electron chi connectivity index (χ2n) is 7.42. The van der Waals surface area contributed by atoms with Gasteiger partial charge in [-0.15, -0.1) is 0 Å². The van der Waals surface area contributed by atoms with E-state index in [1.165, 1.54) is 0 Å². The first-order valence-corrected chi connectivity index (χ1v) is 8.88. The van der Waals surface area contributed by atoms with Crippen molar-refractivity contribution in [3.8, 4) is 11.3 Å². The Morgan fingerprint density at radius 1 is 0.963 bits per heavy atom. The smallest absolute Gasteiger partial charge is 0.252 e. The molecule has 2 N–H and O–H groups in total. The van der Waals surface area contributed by atoms with Crippen LogP contribution in [0.5, 0.6) is 0 Å². The molecule has 5 heteroatoms. The summed E-state index contributed by atoms with van der Waals surface area (Å²) in [6.07, 6.45) is 0. The second-order valence-corrected chi connectivity index (χ2v) is 7.42. The van der Waals surface area contributed by atoms with E-state index in [0.29, 0.717) is 5.56 Å². The molecule has 0 atom stereocenters. The molecular weight excluding hydrogens is 338 g/mol. The third-order valence-corrected chi connectivity index (χ3v) is 3.95. The summed E-state index contributed by atoms with van der Waals surface area (Å²) in [6, 6.07) is 19.0. The summed E-state index contributed by atoms with van der Waals surface area (Å²) in [5.41, 5.74) is 2.55. The number of fused-ring (bicyclic) bond motifs is 1. The zero-order valence-corrected chi connectivity index (χ0v) is 15.7. The molecule has 0 spiro atoms. The van der Waals surface area contributed by atoms with E-state index in [1.54, 1.807) is 6.07 Å². The number of carbonyl (C=O) groups excluding carboxylic acids is 2. The maximum absolute atomic E-state index is 12.8. The van der Waals surface area contributed by atoms with Crippen LogP contribution in [0.4, 0.5) is 0 Å². The van der Waals surface area contributed by atoms with E-state index < -0.39 is 0 Å². The van der Waals surface area contributed by atoms with Crippen molar-refractivity contribution >= 4 is 22.7 Å². The fourth-order valence-corrected chi connectivity index (χ4v) is 2.84. The first-order valence-electron chi connectivity index (χ1n) is 8.88. The van der Waals surface area contributed by atoms with Crippen molar-refractivity contribution in [3.05, 3.63) is 66.2 Å². The van der Waals surface area contributed by atoms with Gasteiger partial charge in [-0.2, -0.15) is 0 Å². The Labute approximate surface area is 158 Å². The van der Waals surface area contributed by atoms with Crippen molar-refractivity contribution in [2.75, 3.05) is 6.54 Å². The van der Waals surface area contributed by atoms with Gasteiger partial charge >= 0.3 is 0 Å². The van der Waals surface area contributed by atoms with Crippen LogP contribution in [0.25, 0.3) is 22.2 Å². The van der Waals surface area contributed by atoms with Crippen LogP contribution in [0.2, 0.25) is 0 Å². The number of rotatable bonds is 4. The third kappa shape index (κ3) is 4.70. The lowest BCUT2D eigenvalue weighted by molar-refractivity contribution is -0.121. The Morgan fingerprint density at radius 2 is 1.63 bits per heavy atom. The van der Waals surface area contributed by atoms with Crippen LogP contribution in [0.1, 0.15) is 31.1 Å². The molecule has 0 saturated heterocycles. The molecule has 0 radical (unpaired) electrons. The Bertz CT molecular complexity index is 976. The molecule has 3 rings (SSSR count). The van der Waals surface area contributed by atoms with Gasteiger partial charge in [-0.3, -0.25) is 9.59 Å². The monoisotopic (exact) mass is 361 g/mol. The number of nitrogens with one attached hydrogen (secondary N) is 2. The Balaban J connectivity index is 1.90. The van der Waals surface area contributed by atoms with Gasteiger partial charge in [-0.1, -0.05) is 48.5 Å². The molecule has 0 aliphatic heterocycles. The number of pyridine rings is 1. The van der Waals surface area contributed by atoms with Gasteiger partial charge in [0.25, 0.3) is 5.91 Å². The first-order chi connectivity index (χ1) is 12.8. The standard InChI is InChI=1S/C22H23N3O2/c1-22(2,3)25-20(26)14-23-21(27)17-13-19(15-9-5-4-6-10-15)24-18-12-8-7-11-16(17)18/h4-13H,14H2,1-3H3,(H,23,27)(H,25,26). The molecule has 0 aliphatic rings. The molecule has 2 amide bonds. The quantitative estimate of drug-likeness (QED) is 0.747. The van der Waals surface area contributed by atoms with Crippen LogP contribution in [0.15, 0.2) is 60.7 Å². The topological polar surface area (TPSA) is 71.1 Å². The lowest BCUT2D eigenvalue weighted by atomic mass is 10.0. The Morgan fingerprint density at radius 3 is 2.33 bits per heavy atom. The fraction of sp³-hybridized carbons (Fsp3) is 0.227. The van der Waals surface area contributed by atoms with E-state index in [4.69, 9.17) is 0 Å². The fourth-order valence-electron chi connectivity index (χ4n) is 2.84. The molecule has 1 aromatic heterocycles. The van der Waals surface area contributed by atoms with Crippen molar-refractivity contribution in [2.45, 2.75) is 26.3 Å². The van der Waals surface area contributed by atoms with Crippen molar-refractivity contribution < 1.29 is 9.59 Å². The normalized spacial score (nSPS) is 11.2. The van der Waals surface area contributed by atoms with E-state index in [2.05, 4.69) is 15.6 Å². The number of hydrogen-bond donors (Lipinski definition) is 2. The molecule has 5 nitrogen and oxygen atoms in total. The number of benzene rings is 2. The molecule has 0 fully saturated rings. The van der Waals surface area contributed by atoms with Crippen molar-refractivity contribution in [1.29, 1.82) is 0 Å². The van der Waals surface area contributed by atoms with Gasteiger partial charge in [-0.05, 0) is 32.9 Å². The number of aromatic nitrogens is 1. The predicted octanol–water partition coefficient (Wildman–Crippen LogP) is 3.55. The summed E-state index contributed by atoms with van der Waals surface area (Å²) in [4.78, 5) is 29.5. The highest BCUT2D eigenvalue weighted by atomic mass is 16.2. The first kappa shape index (κ1) is 18.6. The van der Waals surface area contributed by atoms with E-state index in [0.717, 1.165) is 22.2 Å². The highest BCUT2D eigenvalue weighted by Gasteiger charge is 2.17. The summed E-state index contributed by atoms with van der Waals surface area (Å²) >= 11 is 0. The number of carbonyl (C=O) groups is 2. The van der Waals surface area contributed by atoms with Gasteiger partial charge in [0.15, 0.2) is 0 Å². The molecule has 0 aliphatic carbocycles. The summed E-state index contributed by atoms with van der Waals surface area (Å²) in [5, 5.41) is 6.30. The van der Waals surface area contributed by atoms with Crippen molar-refractivity contribution in [2.24, 2.45) is 0 Å². The summed E-state index contributed by atoms with van der Waals surface area (Å²) in [7, 11) is 0. The molecule has 3 aromatic rings. The Kier molecular flexibility index (Phi) is 5.21. The Hall–Kier alpha value is -3.21. The van der Waals surface area contributed by atoms with Crippen LogP contribution < -0.4 is 10.6 Å². The minimum atomic E-state index is -0.342. The number of nitrogens with zero attached hydrogens (tertiary/aromatic N) is 1. The third-order valence-electron chi connectivity index (χ3n) is 3.95. The predicted molar refractivity (Wildman–Crippen MR) is 107 cm³/mol. The summed E-state index contributed by atoms with van der Waals surface area (Å²) < 4.78 is 0. The van der Waals surface area contributed by atoms with Gasteiger partial charge in [0, 0.05) is 16.5 Å². The van der Waals surface area contributed by atoms with Crippen LogP contribution in [0.3, 0.4) is 0 Å². The molecule has 0 saturated carbocycles. The lowest BCUT2D eigenvalue weighted by Gasteiger charge is -2.20. The van der Waals surface area contributed by atoms with Crippen LogP contribution >= 0.6 is 0 Å². The van der Waals surface area contributed by atoms with Crippen molar-refractivity contribution in [1.82, 2.24) is 15.6 Å². The number of para-hydroxylation sites is 1. The highest BCUT2D eigenvalue weighted by molar-refractivity contribution is 6.08. The van der Waals surface area contributed by atoms with Gasteiger partial charge in [0.1, 0.15) is 0 Å². The largest absolute Gasteiger partial charge is 0.350 e. The molecule has 0 unspecified atom stereocenters. The second kappa shape index (κ2) is 7.58.